The lowest BCUT2D eigenvalue weighted by atomic mass is 10.1. The fourth-order valence-electron chi connectivity index (χ4n) is 2.80. The Labute approximate surface area is 180 Å². The minimum atomic E-state index is -0.459. The molecule has 1 heterocycles. The maximum atomic E-state index is 12.5. The molecule has 2 aromatic carbocycles. The molecule has 30 heavy (non-hydrogen) atoms. The van der Waals surface area contributed by atoms with Gasteiger partial charge >= 0.3 is 0 Å². The van der Waals surface area contributed by atoms with E-state index in [9.17, 15) is 10.1 Å². The van der Waals surface area contributed by atoms with Crippen LogP contribution in [0.25, 0.3) is 6.08 Å². The normalized spacial score (nSPS) is 12.1. The Morgan fingerprint density at radius 2 is 2.00 bits per heavy atom. The number of aryl methyl sites for hydroxylation is 1. The molecule has 0 radical (unpaired) electrons. The molecule has 152 valence electrons. The number of ether oxygens (including phenoxy) is 1. The van der Waals surface area contributed by atoms with Crippen LogP contribution in [-0.2, 0) is 11.4 Å². The van der Waals surface area contributed by atoms with Crippen molar-refractivity contribution in [3.63, 3.8) is 0 Å². The number of rotatable bonds is 7. The van der Waals surface area contributed by atoms with E-state index in [1.807, 2.05) is 56.3 Å². The van der Waals surface area contributed by atoms with Crippen LogP contribution in [0, 0.1) is 18.3 Å². The zero-order valence-corrected chi connectivity index (χ0v) is 17.4. The first-order valence-electron chi connectivity index (χ1n) is 9.41. The first-order chi connectivity index (χ1) is 14.5. The summed E-state index contributed by atoms with van der Waals surface area (Å²) in [6, 6.07) is 20.1. The van der Waals surface area contributed by atoms with E-state index in [0.29, 0.717) is 22.3 Å². The summed E-state index contributed by atoms with van der Waals surface area (Å²) in [5, 5.41) is 12.9. The fourth-order valence-corrected chi connectivity index (χ4v) is 2.92. The SMILES string of the molecule is Cc1cc(OCc2ccc(/C=C(\C#N)C(=O)N[C@@H](C)c3ccccc3)o2)ccc1Cl. The van der Waals surface area contributed by atoms with Crippen molar-refractivity contribution >= 4 is 23.6 Å². The Hall–Kier alpha value is -3.49. The summed E-state index contributed by atoms with van der Waals surface area (Å²) >= 11 is 6.02. The first-order valence-corrected chi connectivity index (χ1v) is 9.79. The molecular formula is C24H21ClN2O3. The highest BCUT2D eigenvalue weighted by Gasteiger charge is 2.14. The Balaban J connectivity index is 1.63. The molecule has 0 aliphatic rings. The van der Waals surface area contributed by atoms with E-state index in [1.54, 1.807) is 24.3 Å². The zero-order valence-electron chi connectivity index (χ0n) is 16.7. The van der Waals surface area contributed by atoms with Crippen molar-refractivity contribution in [2.45, 2.75) is 26.5 Å². The number of amides is 1. The van der Waals surface area contributed by atoms with Crippen LogP contribution in [0.1, 0.15) is 35.6 Å². The van der Waals surface area contributed by atoms with Crippen LogP contribution in [-0.4, -0.2) is 5.91 Å². The molecule has 5 nitrogen and oxygen atoms in total. The van der Waals surface area contributed by atoms with Crippen molar-refractivity contribution in [2.75, 3.05) is 0 Å². The monoisotopic (exact) mass is 420 g/mol. The van der Waals surface area contributed by atoms with Crippen molar-refractivity contribution in [3.8, 4) is 11.8 Å². The molecule has 0 aliphatic carbocycles. The van der Waals surface area contributed by atoms with E-state index in [-0.39, 0.29) is 18.2 Å². The van der Waals surface area contributed by atoms with Crippen molar-refractivity contribution < 1.29 is 13.9 Å². The summed E-state index contributed by atoms with van der Waals surface area (Å²) in [7, 11) is 0. The molecule has 1 aromatic heterocycles. The molecule has 6 heteroatoms. The highest BCUT2D eigenvalue weighted by molar-refractivity contribution is 6.31. The topological polar surface area (TPSA) is 75.3 Å². The Morgan fingerprint density at radius 1 is 1.23 bits per heavy atom. The Morgan fingerprint density at radius 3 is 2.70 bits per heavy atom. The molecular weight excluding hydrogens is 400 g/mol. The zero-order chi connectivity index (χ0) is 21.5. The van der Waals surface area contributed by atoms with Crippen LogP contribution in [0.15, 0.2) is 70.7 Å². The first kappa shape index (κ1) is 21.2. The van der Waals surface area contributed by atoms with Crippen molar-refractivity contribution in [2.24, 2.45) is 0 Å². The molecule has 3 aromatic rings. The van der Waals surface area contributed by atoms with Crippen LogP contribution < -0.4 is 10.1 Å². The predicted molar refractivity (Wildman–Crippen MR) is 116 cm³/mol. The molecule has 0 unspecified atom stereocenters. The average Bonchev–Trinajstić information content (AvgIpc) is 3.21. The van der Waals surface area contributed by atoms with Gasteiger partial charge in [0.05, 0.1) is 6.04 Å². The smallest absolute Gasteiger partial charge is 0.262 e. The summed E-state index contributed by atoms with van der Waals surface area (Å²) in [5.41, 5.74) is 1.84. The molecule has 0 saturated carbocycles. The summed E-state index contributed by atoms with van der Waals surface area (Å²) < 4.78 is 11.4. The number of nitrogens with one attached hydrogen (secondary N) is 1. The van der Waals surface area contributed by atoms with Gasteiger partial charge in [-0.05, 0) is 55.3 Å². The quantitative estimate of drug-likeness (QED) is 0.398. The lowest BCUT2D eigenvalue weighted by molar-refractivity contribution is -0.117. The number of nitriles is 1. The van der Waals surface area contributed by atoms with Gasteiger partial charge in [-0.2, -0.15) is 5.26 Å². The van der Waals surface area contributed by atoms with Crippen molar-refractivity contribution in [1.82, 2.24) is 5.32 Å². The van der Waals surface area contributed by atoms with Gasteiger partial charge in [-0.3, -0.25) is 4.79 Å². The third-order valence-electron chi connectivity index (χ3n) is 4.49. The van der Waals surface area contributed by atoms with E-state index >= 15 is 0 Å². The van der Waals surface area contributed by atoms with E-state index < -0.39 is 5.91 Å². The van der Waals surface area contributed by atoms with Gasteiger partial charge in [0.25, 0.3) is 5.91 Å². The summed E-state index contributed by atoms with van der Waals surface area (Å²) in [6.45, 7) is 3.98. The van der Waals surface area contributed by atoms with Crippen molar-refractivity contribution in [1.29, 1.82) is 5.26 Å². The number of nitrogens with zero attached hydrogens (tertiary/aromatic N) is 1. The van der Waals surface area contributed by atoms with E-state index in [2.05, 4.69) is 5.32 Å². The van der Waals surface area contributed by atoms with Gasteiger partial charge in [-0.1, -0.05) is 41.9 Å². The van der Waals surface area contributed by atoms with Crippen LogP contribution in [0.5, 0.6) is 5.75 Å². The van der Waals surface area contributed by atoms with Crippen LogP contribution in [0.3, 0.4) is 0 Å². The minimum absolute atomic E-state index is 0.0343. The molecule has 1 N–H and O–H groups in total. The van der Waals surface area contributed by atoms with Gasteiger partial charge in [-0.15, -0.1) is 0 Å². The second-order valence-corrected chi connectivity index (χ2v) is 7.19. The molecule has 0 spiro atoms. The fraction of sp³-hybridized carbons (Fsp3) is 0.167. The number of hydrogen-bond acceptors (Lipinski definition) is 4. The third-order valence-corrected chi connectivity index (χ3v) is 4.92. The summed E-state index contributed by atoms with van der Waals surface area (Å²) in [5.74, 6) is 1.20. The standard InChI is InChI=1S/C24H21ClN2O3/c1-16-12-20(10-11-23(16)25)29-15-22-9-8-21(30-22)13-19(14-26)24(28)27-17(2)18-6-4-3-5-7-18/h3-13,17H,15H2,1-2H3,(H,27,28)/b19-13+/t17-/m0/s1. The van der Waals surface area contributed by atoms with Crippen LogP contribution >= 0.6 is 11.6 Å². The Bertz CT molecular complexity index is 1100. The second-order valence-electron chi connectivity index (χ2n) is 6.78. The van der Waals surface area contributed by atoms with E-state index in [1.165, 1.54) is 6.08 Å². The minimum Gasteiger partial charge on any atom is -0.486 e. The van der Waals surface area contributed by atoms with Gasteiger partial charge in [0.2, 0.25) is 0 Å². The number of furan rings is 1. The van der Waals surface area contributed by atoms with E-state index in [4.69, 9.17) is 20.8 Å². The lowest BCUT2D eigenvalue weighted by Crippen LogP contribution is -2.27. The molecule has 0 aliphatic heterocycles. The van der Waals surface area contributed by atoms with Gasteiger partial charge in [-0.25, -0.2) is 0 Å². The number of hydrogen-bond donors (Lipinski definition) is 1. The highest BCUT2D eigenvalue weighted by Crippen LogP contribution is 2.22. The largest absolute Gasteiger partial charge is 0.486 e. The Kier molecular flexibility index (Phi) is 6.95. The van der Waals surface area contributed by atoms with Gasteiger partial charge in [0.1, 0.15) is 35.5 Å². The van der Waals surface area contributed by atoms with Gasteiger partial charge < -0.3 is 14.5 Å². The van der Waals surface area contributed by atoms with Crippen molar-refractivity contribution in [3.05, 3.63) is 93.9 Å². The molecule has 0 bridgehead atoms. The number of carbonyl (C=O) groups is 1. The highest BCUT2D eigenvalue weighted by atomic mass is 35.5. The summed E-state index contributed by atoms with van der Waals surface area (Å²) in [4.78, 5) is 12.5. The second kappa shape index (κ2) is 9.82. The number of benzene rings is 2. The lowest BCUT2D eigenvalue weighted by Gasteiger charge is -2.13. The molecule has 0 fully saturated rings. The maximum Gasteiger partial charge on any atom is 0.262 e. The number of halogens is 1. The van der Waals surface area contributed by atoms with E-state index in [0.717, 1.165) is 11.1 Å². The van der Waals surface area contributed by atoms with Crippen LogP contribution in [0.2, 0.25) is 5.02 Å². The van der Waals surface area contributed by atoms with Crippen LogP contribution in [0.4, 0.5) is 0 Å². The van der Waals surface area contributed by atoms with Gasteiger partial charge in [0, 0.05) is 11.1 Å². The maximum absolute atomic E-state index is 12.5. The molecule has 1 amide bonds. The summed E-state index contributed by atoms with van der Waals surface area (Å²) in [6.07, 6.45) is 1.42. The molecule has 0 saturated heterocycles. The number of carbonyl (C=O) groups excluding carboxylic acids is 1. The molecule has 3 rings (SSSR count). The average molecular weight is 421 g/mol. The molecule has 1 atom stereocenters. The van der Waals surface area contributed by atoms with Gasteiger partial charge in [0.15, 0.2) is 0 Å². The predicted octanol–water partition coefficient (Wildman–Crippen LogP) is 5.60. The third kappa shape index (κ3) is 5.53.